The number of carbonyl (C=O) groups excluding carboxylic acids is 1. The van der Waals surface area contributed by atoms with Crippen LogP contribution >= 0.6 is 0 Å². The number of rotatable bonds is 7. The van der Waals surface area contributed by atoms with Crippen molar-refractivity contribution < 1.29 is 9.53 Å². The maximum atomic E-state index is 11.9. The van der Waals surface area contributed by atoms with E-state index in [1.54, 1.807) is 0 Å². The maximum Gasteiger partial charge on any atom is 0.251 e. The highest BCUT2D eigenvalue weighted by molar-refractivity contribution is 5.94. The summed E-state index contributed by atoms with van der Waals surface area (Å²) in [5, 5.41) is 2.89. The molecule has 1 aromatic carbocycles. The third kappa shape index (κ3) is 5.75. The SMILES string of the molecule is CC(C)OCCCNC(=O)c1ccc(N(C)C)cc1. The molecule has 0 aromatic heterocycles. The first-order chi connectivity index (χ1) is 9.00. The van der Waals surface area contributed by atoms with Crippen LogP contribution in [0.1, 0.15) is 30.6 Å². The van der Waals surface area contributed by atoms with Gasteiger partial charge in [-0.2, -0.15) is 0 Å². The normalized spacial score (nSPS) is 10.6. The molecule has 0 aliphatic carbocycles. The van der Waals surface area contributed by atoms with Gasteiger partial charge in [-0.05, 0) is 44.5 Å². The Morgan fingerprint density at radius 3 is 2.42 bits per heavy atom. The topological polar surface area (TPSA) is 41.6 Å². The molecule has 1 amide bonds. The van der Waals surface area contributed by atoms with Crippen LogP contribution in [-0.4, -0.2) is 39.3 Å². The molecule has 0 heterocycles. The molecule has 0 radical (unpaired) electrons. The van der Waals surface area contributed by atoms with Crippen molar-refractivity contribution in [3.8, 4) is 0 Å². The van der Waals surface area contributed by atoms with E-state index in [-0.39, 0.29) is 12.0 Å². The summed E-state index contributed by atoms with van der Waals surface area (Å²) in [6.07, 6.45) is 1.08. The van der Waals surface area contributed by atoms with Gasteiger partial charge in [-0.1, -0.05) is 0 Å². The van der Waals surface area contributed by atoms with Crippen LogP contribution in [0, 0.1) is 0 Å². The van der Waals surface area contributed by atoms with E-state index in [1.165, 1.54) is 0 Å². The molecule has 0 saturated carbocycles. The standard InChI is InChI=1S/C15H24N2O2/c1-12(2)19-11-5-10-16-15(18)13-6-8-14(9-7-13)17(3)4/h6-9,12H,5,10-11H2,1-4H3,(H,16,18). The lowest BCUT2D eigenvalue weighted by atomic mass is 10.2. The minimum Gasteiger partial charge on any atom is -0.379 e. The van der Waals surface area contributed by atoms with Gasteiger partial charge < -0.3 is 15.0 Å². The third-order valence-electron chi connectivity index (χ3n) is 2.70. The van der Waals surface area contributed by atoms with Gasteiger partial charge in [-0.25, -0.2) is 0 Å². The van der Waals surface area contributed by atoms with Crippen molar-refractivity contribution in [3.63, 3.8) is 0 Å². The average molecular weight is 264 g/mol. The number of hydrogen-bond donors (Lipinski definition) is 1. The zero-order valence-corrected chi connectivity index (χ0v) is 12.3. The smallest absolute Gasteiger partial charge is 0.251 e. The summed E-state index contributed by atoms with van der Waals surface area (Å²) in [6, 6.07) is 7.57. The van der Waals surface area contributed by atoms with Crippen molar-refractivity contribution in [2.24, 2.45) is 0 Å². The Kier molecular flexibility index (Phi) is 6.36. The summed E-state index contributed by atoms with van der Waals surface area (Å²) in [5.74, 6) is -0.0325. The molecule has 1 aromatic rings. The molecule has 0 fully saturated rings. The molecular formula is C15H24N2O2. The zero-order chi connectivity index (χ0) is 14.3. The predicted octanol–water partition coefficient (Wildman–Crippen LogP) is 2.30. The van der Waals surface area contributed by atoms with Crippen LogP contribution in [0.4, 0.5) is 5.69 Å². The van der Waals surface area contributed by atoms with Crippen molar-refractivity contribution in [3.05, 3.63) is 29.8 Å². The number of amides is 1. The largest absolute Gasteiger partial charge is 0.379 e. The number of carbonyl (C=O) groups is 1. The number of nitrogens with one attached hydrogen (secondary N) is 1. The van der Waals surface area contributed by atoms with Gasteiger partial charge in [0.05, 0.1) is 6.10 Å². The summed E-state index contributed by atoms with van der Waals surface area (Å²) in [5.41, 5.74) is 1.78. The Morgan fingerprint density at radius 2 is 1.89 bits per heavy atom. The fourth-order valence-electron chi connectivity index (χ4n) is 1.61. The molecule has 4 heteroatoms. The van der Waals surface area contributed by atoms with Crippen LogP contribution < -0.4 is 10.2 Å². The number of ether oxygens (including phenoxy) is 1. The molecule has 0 aliphatic heterocycles. The number of benzene rings is 1. The second-order valence-electron chi connectivity index (χ2n) is 4.97. The minimum absolute atomic E-state index is 0.0325. The van der Waals surface area contributed by atoms with E-state index >= 15 is 0 Å². The number of hydrogen-bond acceptors (Lipinski definition) is 3. The van der Waals surface area contributed by atoms with Crippen molar-refractivity contribution in [1.82, 2.24) is 5.32 Å². The van der Waals surface area contributed by atoms with E-state index in [1.807, 2.05) is 57.1 Å². The Labute approximate surface area is 115 Å². The van der Waals surface area contributed by atoms with E-state index in [4.69, 9.17) is 4.74 Å². The van der Waals surface area contributed by atoms with Crippen LogP contribution in [0.3, 0.4) is 0 Å². The van der Waals surface area contributed by atoms with Gasteiger partial charge in [0.2, 0.25) is 0 Å². The van der Waals surface area contributed by atoms with Crippen LogP contribution in [-0.2, 0) is 4.74 Å². The third-order valence-corrected chi connectivity index (χ3v) is 2.70. The Balaban J connectivity index is 2.33. The van der Waals surface area contributed by atoms with Gasteiger partial charge in [0.25, 0.3) is 5.91 Å². The highest BCUT2D eigenvalue weighted by atomic mass is 16.5. The summed E-state index contributed by atoms with van der Waals surface area (Å²) in [6.45, 7) is 5.33. The number of anilines is 1. The van der Waals surface area contributed by atoms with Crippen molar-refractivity contribution in [2.45, 2.75) is 26.4 Å². The monoisotopic (exact) mass is 264 g/mol. The van der Waals surface area contributed by atoms with Crippen LogP contribution in [0.5, 0.6) is 0 Å². The summed E-state index contributed by atoms with van der Waals surface area (Å²) in [7, 11) is 3.95. The van der Waals surface area contributed by atoms with Crippen molar-refractivity contribution in [2.75, 3.05) is 32.1 Å². The molecule has 0 spiro atoms. The molecule has 0 unspecified atom stereocenters. The first-order valence-electron chi connectivity index (χ1n) is 6.68. The Hall–Kier alpha value is -1.55. The van der Waals surface area contributed by atoms with E-state index in [9.17, 15) is 4.79 Å². The van der Waals surface area contributed by atoms with E-state index in [0.29, 0.717) is 18.7 Å². The Morgan fingerprint density at radius 1 is 1.26 bits per heavy atom. The van der Waals surface area contributed by atoms with Gasteiger partial charge in [0.1, 0.15) is 0 Å². The van der Waals surface area contributed by atoms with Gasteiger partial charge in [-0.15, -0.1) is 0 Å². The highest BCUT2D eigenvalue weighted by Gasteiger charge is 2.05. The lowest BCUT2D eigenvalue weighted by Gasteiger charge is -2.12. The van der Waals surface area contributed by atoms with Crippen LogP contribution in [0.2, 0.25) is 0 Å². The second kappa shape index (κ2) is 7.79. The van der Waals surface area contributed by atoms with Gasteiger partial charge >= 0.3 is 0 Å². The van der Waals surface area contributed by atoms with E-state index in [0.717, 1.165) is 12.1 Å². The fourth-order valence-corrected chi connectivity index (χ4v) is 1.61. The lowest BCUT2D eigenvalue weighted by Crippen LogP contribution is -2.25. The molecule has 0 bridgehead atoms. The van der Waals surface area contributed by atoms with Crippen molar-refractivity contribution in [1.29, 1.82) is 0 Å². The molecule has 1 rings (SSSR count). The maximum absolute atomic E-state index is 11.9. The van der Waals surface area contributed by atoms with Crippen molar-refractivity contribution >= 4 is 11.6 Å². The molecule has 0 atom stereocenters. The Bertz CT molecular complexity index is 386. The zero-order valence-electron chi connectivity index (χ0n) is 12.3. The molecule has 106 valence electrons. The van der Waals surface area contributed by atoms with Gasteiger partial charge in [0.15, 0.2) is 0 Å². The second-order valence-corrected chi connectivity index (χ2v) is 4.97. The molecule has 1 N–H and O–H groups in total. The van der Waals surface area contributed by atoms with Gasteiger partial charge in [0, 0.05) is 38.5 Å². The first-order valence-corrected chi connectivity index (χ1v) is 6.68. The molecule has 4 nitrogen and oxygen atoms in total. The summed E-state index contributed by atoms with van der Waals surface area (Å²) in [4.78, 5) is 13.9. The number of nitrogens with zero attached hydrogens (tertiary/aromatic N) is 1. The lowest BCUT2D eigenvalue weighted by molar-refractivity contribution is 0.0757. The fraction of sp³-hybridized carbons (Fsp3) is 0.533. The summed E-state index contributed by atoms with van der Waals surface area (Å²) >= 11 is 0. The predicted molar refractivity (Wildman–Crippen MR) is 78.8 cm³/mol. The molecule has 0 saturated heterocycles. The molecule has 0 aliphatic rings. The van der Waals surface area contributed by atoms with E-state index in [2.05, 4.69) is 5.32 Å². The summed E-state index contributed by atoms with van der Waals surface area (Å²) < 4.78 is 5.41. The minimum atomic E-state index is -0.0325. The molecular weight excluding hydrogens is 240 g/mol. The van der Waals surface area contributed by atoms with Crippen LogP contribution in [0.25, 0.3) is 0 Å². The first kappa shape index (κ1) is 15.5. The highest BCUT2D eigenvalue weighted by Crippen LogP contribution is 2.11. The average Bonchev–Trinajstić information content (AvgIpc) is 2.37. The molecule has 19 heavy (non-hydrogen) atoms. The quantitative estimate of drug-likeness (QED) is 0.768. The van der Waals surface area contributed by atoms with Crippen LogP contribution in [0.15, 0.2) is 24.3 Å². The van der Waals surface area contributed by atoms with Gasteiger partial charge in [-0.3, -0.25) is 4.79 Å². The van der Waals surface area contributed by atoms with E-state index < -0.39 is 0 Å².